The molecule has 0 aliphatic carbocycles. The third kappa shape index (κ3) is 3.14. The van der Waals surface area contributed by atoms with Crippen LogP contribution in [-0.2, 0) is 21.3 Å². The van der Waals surface area contributed by atoms with Gasteiger partial charge in [0.15, 0.2) is 0 Å². The molecule has 3 rings (SSSR count). The standard InChI is InChI=1S/C17H21N3O2S/c1-14-9-11-18-16(19-14)17(2)10-6-12-20(17)23(21,22)13-15-7-4-3-5-8-15/h3-5,7-9,11H,6,10,12-13H2,1-2H3/t17-/m1/s1. The van der Waals surface area contributed by atoms with E-state index in [9.17, 15) is 8.42 Å². The highest BCUT2D eigenvalue weighted by atomic mass is 32.2. The van der Waals surface area contributed by atoms with Crippen LogP contribution in [0.1, 0.15) is 36.8 Å². The van der Waals surface area contributed by atoms with Crippen molar-refractivity contribution in [2.24, 2.45) is 0 Å². The summed E-state index contributed by atoms with van der Waals surface area (Å²) in [6.45, 7) is 4.34. The third-order valence-corrected chi connectivity index (χ3v) is 6.33. The van der Waals surface area contributed by atoms with Crippen LogP contribution in [0.4, 0.5) is 0 Å². The molecule has 1 atom stereocenters. The van der Waals surface area contributed by atoms with Crippen LogP contribution in [0, 0.1) is 6.92 Å². The second-order valence-electron chi connectivity index (χ2n) is 6.21. The minimum atomic E-state index is -3.43. The van der Waals surface area contributed by atoms with Crippen LogP contribution in [0.5, 0.6) is 0 Å². The molecule has 1 saturated heterocycles. The van der Waals surface area contributed by atoms with E-state index in [0.29, 0.717) is 12.4 Å². The summed E-state index contributed by atoms with van der Waals surface area (Å²) in [7, 11) is -3.43. The molecule has 0 N–H and O–H groups in total. The maximum atomic E-state index is 12.9. The van der Waals surface area contributed by atoms with Gasteiger partial charge in [0, 0.05) is 18.4 Å². The van der Waals surface area contributed by atoms with Crippen molar-refractivity contribution in [2.75, 3.05) is 6.54 Å². The Hall–Kier alpha value is -1.79. The van der Waals surface area contributed by atoms with Crippen LogP contribution in [0.25, 0.3) is 0 Å². The van der Waals surface area contributed by atoms with Gasteiger partial charge >= 0.3 is 0 Å². The summed E-state index contributed by atoms with van der Waals surface area (Å²) < 4.78 is 27.5. The van der Waals surface area contributed by atoms with Gasteiger partial charge in [0.25, 0.3) is 0 Å². The first-order chi connectivity index (χ1) is 10.9. The fraction of sp³-hybridized carbons (Fsp3) is 0.412. The van der Waals surface area contributed by atoms with Crippen molar-refractivity contribution in [1.29, 1.82) is 0 Å². The van der Waals surface area contributed by atoms with E-state index in [1.807, 2.05) is 50.2 Å². The van der Waals surface area contributed by atoms with Crippen molar-refractivity contribution in [2.45, 2.75) is 38.0 Å². The SMILES string of the molecule is Cc1ccnc([C@@]2(C)CCCN2S(=O)(=O)Cc2ccccc2)n1. The lowest BCUT2D eigenvalue weighted by molar-refractivity contribution is 0.254. The lowest BCUT2D eigenvalue weighted by Crippen LogP contribution is -2.44. The third-order valence-electron chi connectivity index (χ3n) is 4.38. The van der Waals surface area contributed by atoms with Gasteiger partial charge in [0.1, 0.15) is 5.82 Å². The second kappa shape index (κ2) is 6.02. The van der Waals surface area contributed by atoms with Crippen molar-refractivity contribution in [3.05, 3.63) is 59.7 Å². The smallest absolute Gasteiger partial charge is 0.219 e. The molecule has 23 heavy (non-hydrogen) atoms. The van der Waals surface area contributed by atoms with E-state index >= 15 is 0 Å². The largest absolute Gasteiger partial charge is 0.239 e. The van der Waals surface area contributed by atoms with Crippen LogP contribution in [0.15, 0.2) is 42.6 Å². The van der Waals surface area contributed by atoms with Gasteiger partial charge in [0.2, 0.25) is 10.0 Å². The minimum absolute atomic E-state index is 0.00917. The van der Waals surface area contributed by atoms with E-state index in [1.54, 1.807) is 10.5 Å². The molecule has 1 aromatic heterocycles. The molecule has 5 nitrogen and oxygen atoms in total. The molecule has 0 bridgehead atoms. The Kier molecular flexibility index (Phi) is 4.21. The highest BCUT2D eigenvalue weighted by Gasteiger charge is 2.46. The monoisotopic (exact) mass is 331 g/mol. The Morgan fingerprint density at radius 3 is 2.65 bits per heavy atom. The van der Waals surface area contributed by atoms with Gasteiger partial charge in [-0.25, -0.2) is 18.4 Å². The zero-order chi connectivity index (χ0) is 16.5. The summed E-state index contributed by atoms with van der Waals surface area (Å²) in [4.78, 5) is 8.83. The van der Waals surface area contributed by atoms with E-state index in [2.05, 4.69) is 9.97 Å². The average Bonchev–Trinajstić information content (AvgIpc) is 2.92. The van der Waals surface area contributed by atoms with Gasteiger partial charge < -0.3 is 0 Å². The number of benzene rings is 1. The first-order valence-corrected chi connectivity index (χ1v) is 9.37. The van der Waals surface area contributed by atoms with E-state index in [4.69, 9.17) is 0 Å². The van der Waals surface area contributed by atoms with Gasteiger partial charge in [-0.2, -0.15) is 4.31 Å². The quantitative estimate of drug-likeness (QED) is 0.864. The maximum Gasteiger partial charge on any atom is 0.219 e. The Morgan fingerprint density at radius 1 is 1.22 bits per heavy atom. The maximum absolute atomic E-state index is 12.9. The second-order valence-corrected chi connectivity index (χ2v) is 8.11. The zero-order valence-corrected chi connectivity index (χ0v) is 14.3. The highest BCUT2D eigenvalue weighted by Crippen LogP contribution is 2.39. The fourth-order valence-electron chi connectivity index (χ4n) is 3.18. The van der Waals surface area contributed by atoms with E-state index < -0.39 is 15.6 Å². The zero-order valence-electron chi connectivity index (χ0n) is 13.4. The van der Waals surface area contributed by atoms with Crippen molar-refractivity contribution >= 4 is 10.0 Å². The molecule has 0 unspecified atom stereocenters. The van der Waals surface area contributed by atoms with Gasteiger partial charge in [-0.15, -0.1) is 0 Å². The molecule has 2 aromatic rings. The number of hydrogen-bond acceptors (Lipinski definition) is 4. The van der Waals surface area contributed by atoms with Crippen LogP contribution >= 0.6 is 0 Å². The predicted octanol–water partition coefficient (Wildman–Crippen LogP) is 2.63. The van der Waals surface area contributed by atoms with Crippen molar-refractivity contribution in [3.8, 4) is 0 Å². The summed E-state index contributed by atoms with van der Waals surface area (Å²) >= 11 is 0. The van der Waals surface area contributed by atoms with Gasteiger partial charge in [-0.1, -0.05) is 30.3 Å². The summed E-state index contributed by atoms with van der Waals surface area (Å²) in [5, 5.41) is 0. The number of aryl methyl sites for hydroxylation is 1. The van der Waals surface area contributed by atoms with E-state index in [-0.39, 0.29) is 5.75 Å². The molecule has 6 heteroatoms. The molecule has 0 saturated carbocycles. The molecule has 1 aliphatic rings. The summed E-state index contributed by atoms with van der Waals surface area (Å²) in [5.74, 6) is 0.599. The van der Waals surface area contributed by atoms with Crippen molar-refractivity contribution in [3.63, 3.8) is 0 Å². The summed E-state index contributed by atoms with van der Waals surface area (Å²) in [5.41, 5.74) is 0.982. The number of hydrogen-bond donors (Lipinski definition) is 0. The normalized spacial score (nSPS) is 22.3. The molecule has 2 heterocycles. The lowest BCUT2D eigenvalue weighted by Gasteiger charge is -2.33. The fourth-order valence-corrected chi connectivity index (χ4v) is 5.14. The number of rotatable bonds is 4. The van der Waals surface area contributed by atoms with Crippen LogP contribution in [0.3, 0.4) is 0 Å². The van der Waals surface area contributed by atoms with Crippen molar-refractivity contribution < 1.29 is 8.42 Å². The molecule has 0 spiro atoms. The van der Waals surface area contributed by atoms with E-state index in [1.165, 1.54) is 0 Å². The molecule has 1 fully saturated rings. The first-order valence-electron chi connectivity index (χ1n) is 7.76. The van der Waals surface area contributed by atoms with Gasteiger partial charge in [0.05, 0.1) is 11.3 Å². The average molecular weight is 331 g/mol. The first kappa shape index (κ1) is 16.1. The Labute approximate surface area is 137 Å². The molecule has 0 radical (unpaired) electrons. The summed E-state index contributed by atoms with van der Waals surface area (Å²) in [6, 6.07) is 11.1. The lowest BCUT2D eigenvalue weighted by atomic mass is 9.99. The predicted molar refractivity (Wildman–Crippen MR) is 89.1 cm³/mol. The Bertz CT molecular complexity index is 792. The minimum Gasteiger partial charge on any atom is -0.239 e. The highest BCUT2D eigenvalue weighted by molar-refractivity contribution is 7.88. The molecule has 0 amide bonds. The molecule has 122 valence electrons. The van der Waals surface area contributed by atoms with Crippen LogP contribution < -0.4 is 0 Å². The molecular formula is C17H21N3O2S. The molecular weight excluding hydrogens is 310 g/mol. The van der Waals surface area contributed by atoms with Crippen LogP contribution in [0.2, 0.25) is 0 Å². The number of aromatic nitrogens is 2. The topological polar surface area (TPSA) is 63.2 Å². The Morgan fingerprint density at radius 2 is 1.96 bits per heavy atom. The van der Waals surface area contributed by atoms with Crippen LogP contribution in [-0.4, -0.2) is 29.2 Å². The van der Waals surface area contributed by atoms with Gasteiger partial charge in [-0.05, 0) is 38.3 Å². The number of sulfonamides is 1. The molecule has 1 aromatic carbocycles. The van der Waals surface area contributed by atoms with Gasteiger partial charge in [-0.3, -0.25) is 0 Å². The summed E-state index contributed by atoms with van der Waals surface area (Å²) in [6.07, 6.45) is 3.26. The van der Waals surface area contributed by atoms with Crippen molar-refractivity contribution in [1.82, 2.24) is 14.3 Å². The molecule has 1 aliphatic heterocycles. The van der Waals surface area contributed by atoms with E-state index in [0.717, 1.165) is 24.1 Å². The Balaban J connectivity index is 1.94. The number of nitrogens with zero attached hydrogens (tertiary/aromatic N) is 3.